The Balaban J connectivity index is 1.42. The third-order valence-electron chi connectivity index (χ3n) is 3.85. The van der Waals surface area contributed by atoms with Crippen LogP contribution in [-0.2, 0) is 17.8 Å². The Labute approximate surface area is 130 Å². The fourth-order valence-corrected chi connectivity index (χ4v) is 2.65. The molecule has 1 aliphatic rings. The van der Waals surface area contributed by atoms with Crippen molar-refractivity contribution in [1.82, 2.24) is 5.32 Å². The zero-order valence-corrected chi connectivity index (χ0v) is 12.4. The van der Waals surface area contributed by atoms with Gasteiger partial charge in [0.15, 0.2) is 0 Å². The second-order valence-corrected chi connectivity index (χ2v) is 5.55. The van der Waals surface area contributed by atoms with E-state index in [9.17, 15) is 4.79 Å². The number of hydrogen-bond acceptors (Lipinski definition) is 3. The Bertz CT molecular complexity index is 628. The van der Waals surface area contributed by atoms with E-state index < -0.39 is 0 Å². The Morgan fingerprint density at radius 3 is 2.77 bits per heavy atom. The summed E-state index contributed by atoms with van der Waals surface area (Å²) in [5.74, 6) is 0.388. The van der Waals surface area contributed by atoms with Crippen LogP contribution in [0.3, 0.4) is 0 Å². The summed E-state index contributed by atoms with van der Waals surface area (Å²) in [5.41, 5.74) is 3.49. The van der Waals surface area contributed by atoms with Crippen LogP contribution in [0.2, 0.25) is 0 Å². The van der Waals surface area contributed by atoms with Gasteiger partial charge in [-0.1, -0.05) is 48.5 Å². The summed E-state index contributed by atoms with van der Waals surface area (Å²) in [4.78, 5) is 11.8. The molecule has 1 amide bonds. The van der Waals surface area contributed by atoms with Crippen LogP contribution in [0.1, 0.15) is 11.1 Å². The molecule has 4 nitrogen and oxygen atoms in total. The summed E-state index contributed by atoms with van der Waals surface area (Å²) in [6.07, 6.45) is 0.616. The molecule has 0 aliphatic carbocycles. The van der Waals surface area contributed by atoms with Crippen LogP contribution in [0.15, 0.2) is 54.6 Å². The van der Waals surface area contributed by atoms with Crippen molar-refractivity contribution in [3.05, 3.63) is 65.7 Å². The molecule has 2 aromatic rings. The topological polar surface area (TPSA) is 50.4 Å². The minimum atomic E-state index is -0.359. The zero-order chi connectivity index (χ0) is 15.2. The fraction of sp³-hybridized carbons (Fsp3) is 0.278. The van der Waals surface area contributed by atoms with Gasteiger partial charge in [-0.2, -0.15) is 0 Å². The van der Waals surface area contributed by atoms with E-state index >= 15 is 0 Å². The quantitative estimate of drug-likeness (QED) is 0.911. The summed E-state index contributed by atoms with van der Waals surface area (Å²) in [6, 6.07) is 18.0. The Morgan fingerprint density at radius 2 is 1.91 bits per heavy atom. The molecule has 22 heavy (non-hydrogen) atoms. The molecule has 0 saturated heterocycles. The molecule has 0 saturated carbocycles. The van der Waals surface area contributed by atoms with Gasteiger partial charge in [-0.05, 0) is 29.5 Å². The minimum Gasteiger partial charge on any atom is -0.445 e. The SMILES string of the molecule is O=C(NCC1CNc2ccccc2C1)OCc1ccccc1. The zero-order valence-electron chi connectivity index (χ0n) is 12.4. The molecular weight excluding hydrogens is 276 g/mol. The van der Waals surface area contributed by atoms with E-state index in [-0.39, 0.29) is 6.09 Å². The summed E-state index contributed by atoms with van der Waals surface area (Å²) in [5, 5.41) is 6.25. The second kappa shape index (κ2) is 6.98. The molecule has 2 aromatic carbocycles. The lowest BCUT2D eigenvalue weighted by Crippen LogP contribution is -2.35. The molecule has 0 aromatic heterocycles. The van der Waals surface area contributed by atoms with Crippen molar-refractivity contribution in [3.63, 3.8) is 0 Å². The lowest BCUT2D eigenvalue weighted by Gasteiger charge is -2.26. The standard InChI is InChI=1S/C18H20N2O2/c21-18(22-13-14-6-2-1-3-7-14)20-12-15-10-16-8-4-5-9-17(16)19-11-15/h1-9,15,19H,10-13H2,(H,20,21). The van der Waals surface area contributed by atoms with E-state index in [0.717, 1.165) is 18.5 Å². The second-order valence-electron chi connectivity index (χ2n) is 5.55. The van der Waals surface area contributed by atoms with Crippen LogP contribution in [0.5, 0.6) is 0 Å². The van der Waals surface area contributed by atoms with Gasteiger partial charge in [-0.3, -0.25) is 0 Å². The van der Waals surface area contributed by atoms with Gasteiger partial charge in [-0.25, -0.2) is 4.79 Å². The third kappa shape index (κ3) is 3.79. The number of benzene rings is 2. The van der Waals surface area contributed by atoms with Crippen molar-refractivity contribution in [2.24, 2.45) is 5.92 Å². The molecule has 0 spiro atoms. The maximum atomic E-state index is 11.8. The van der Waals surface area contributed by atoms with Gasteiger partial charge in [0.05, 0.1) is 0 Å². The molecule has 0 bridgehead atoms. The number of anilines is 1. The molecule has 1 atom stereocenters. The Morgan fingerprint density at radius 1 is 1.14 bits per heavy atom. The predicted molar refractivity (Wildman–Crippen MR) is 86.8 cm³/mol. The first kappa shape index (κ1) is 14.4. The fourth-order valence-electron chi connectivity index (χ4n) is 2.65. The van der Waals surface area contributed by atoms with Gasteiger partial charge >= 0.3 is 6.09 Å². The number of fused-ring (bicyclic) bond motifs is 1. The first-order chi connectivity index (χ1) is 10.8. The van der Waals surface area contributed by atoms with E-state index in [1.807, 2.05) is 42.5 Å². The molecule has 2 N–H and O–H groups in total. The van der Waals surface area contributed by atoms with Crippen molar-refractivity contribution in [3.8, 4) is 0 Å². The molecule has 1 heterocycles. The summed E-state index contributed by atoms with van der Waals surface area (Å²) in [6.45, 7) is 1.79. The van der Waals surface area contributed by atoms with Gasteiger partial charge in [-0.15, -0.1) is 0 Å². The van der Waals surface area contributed by atoms with Crippen molar-refractivity contribution in [2.75, 3.05) is 18.4 Å². The van der Waals surface area contributed by atoms with Gasteiger partial charge in [0, 0.05) is 18.8 Å². The minimum absolute atomic E-state index is 0.304. The van der Waals surface area contributed by atoms with Crippen LogP contribution in [-0.4, -0.2) is 19.2 Å². The monoisotopic (exact) mass is 296 g/mol. The number of para-hydroxylation sites is 1. The largest absolute Gasteiger partial charge is 0.445 e. The summed E-state index contributed by atoms with van der Waals surface area (Å²) < 4.78 is 5.22. The average Bonchev–Trinajstić information content (AvgIpc) is 2.59. The predicted octanol–water partition coefficient (Wildman–Crippen LogP) is 3.20. The van der Waals surface area contributed by atoms with Crippen LogP contribution < -0.4 is 10.6 Å². The van der Waals surface area contributed by atoms with E-state index in [1.165, 1.54) is 11.3 Å². The number of ether oxygens (including phenoxy) is 1. The van der Waals surface area contributed by atoms with Crippen molar-refractivity contribution in [2.45, 2.75) is 13.0 Å². The maximum absolute atomic E-state index is 11.8. The molecule has 0 fully saturated rings. The Kier molecular flexibility index (Phi) is 4.59. The highest BCUT2D eigenvalue weighted by atomic mass is 16.5. The highest BCUT2D eigenvalue weighted by Gasteiger charge is 2.18. The average molecular weight is 296 g/mol. The van der Waals surface area contributed by atoms with E-state index in [4.69, 9.17) is 4.74 Å². The molecule has 3 rings (SSSR count). The van der Waals surface area contributed by atoms with Gasteiger partial charge < -0.3 is 15.4 Å². The number of carbonyl (C=O) groups excluding carboxylic acids is 1. The molecule has 1 unspecified atom stereocenters. The maximum Gasteiger partial charge on any atom is 0.407 e. The van der Waals surface area contributed by atoms with Crippen molar-refractivity contribution in [1.29, 1.82) is 0 Å². The number of carbonyl (C=O) groups is 1. The van der Waals surface area contributed by atoms with Crippen LogP contribution in [0.4, 0.5) is 10.5 Å². The molecule has 1 aliphatic heterocycles. The lowest BCUT2D eigenvalue weighted by atomic mass is 9.94. The van der Waals surface area contributed by atoms with Crippen molar-refractivity contribution < 1.29 is 9.53 Å². The van der Waals surface area contributed by atoms with Crippen LogP contribution in [0.25, 0.3) is 0 Å². The van der Waals surface area contributed by atoms with Gasteiger partial charge in [0.2, 0.25) is 0 Å². The number of nitrogens with one attached hydrogen (secondary N) is 2. The van der Waals surface area contributed by atoms with E-state index in [1.54, 1.807) is 0 Å². The first-order valence-corrected chi connectivity index (χ1v) is 7.57. The van der Waals surface area contributed by atoms with Gasteiger partial charge in [0.1, 0.15) is 6.61 Å². The molecular formula is C18H20N2O2. The normalized spacial score (nSPS) is 16.3. The highest BCUT2D eigenvalue weighted by molar-refractivity contribution is 5.67. The smallest absolute Gasteiger partial charge is 0.407 e. The Hall–Kier alpha value is -2.49. The highest BCUT2D eigenvalue weighted by Crippen LogP contribution is 2.23. The molecule has 4 heteroatoms. The molecule has 0 radical (unpaired) electrons. The summed E-state index contributed by atoms with van der Waals surface area (Å²) >= 11 is 0. The summed E-state index contributed by atoms with van der Waals surface area (Å²) in [7, 11) is 0. The lowest BCUT2D eigenvalue weighted by molar-refractivity contribution is 0.138. The third-order valence-corrected chi connectivity index (χ3v) is 3.85. The van der Waals surface area contributed by atoms with Gasteiger partial charge in [0.25, 0.3) is 0 Å². The van der Waals surface area contributed by atoms with E-state index in [0.29, 0.717) is 19.1 Å². The van der Waals surface area contributed by atoms with E-state index in [2.05, 4.69) is 22.8 Å². The van der Waals surface area contributed by atoms with Crippen LogP contribution in [0, 0.1) is 5.92 Å². The van der Waals surface area contributed by atoms with Crippen molar-refractivity contribution >= 4 is 11.8 Å². The number of alkyl carbamates (subject to hydrolysis) is 1. The number of hydrogen-bond donors (Lipinski definition) is 2. The number of rotatable bonds is 4. The first-order valence-electron chi connectivity index (χ1n) is 7.57. The molecule has 114 valence electrons. The number of amides is 1. The van der Waals surface area contributed by atoms with Crippen LogP contribution >= 0.6 is 0 Å².